The molecule has 0 spiro atoms. The van der Waals surface area contributed by atoms with Crippen molar-refractivity contribution in [3.05, 3.63) is 46.1 Å². The van der Waals surface area contributed by atoms with Crippen molar-refractivity contribution in [2.75, 3.05) is 24.8 Å². The van der Waals surface area contributed by atoms with E-state index in [1.54, 1.807) is 12.1 Å². The summed E-state index contributed by atoms with van der Waals surface area (Å²) in [6, 6.07) is 7.16. The Balaban J connectivity index is 1.48. The van der Waals surface area contributed by atoms with E-state index in [1.807, 2.05) is 17.5 Å². The number of esters is 1. The largest absolute Gasteiger partial charge is 0.465 e. The maximum absolute atomic E-state index is 12.9. The summed E-state index contributed by atoms with van der Waals surface area (Å²) in [5.74, 6) is 0.435. The van der Waals surface area contributed by atoms with Gasteiger partial charge in [0, 0.05) is 28.5 Å². The Hall–Kier alpha value is -2.40. The topological polar surface area (TPSA) is 95.3 Å². The van der Waals surface area contributed by atoms with Crippen molar-refractivity contribution >= 4 is 51.6 Å². The van der Waals surface area contributed by atoms with Crippen molar-refractivity contribution in [3.8, 4) is 11.1 Å². The predicted molar refractivity (Wildman–Crippen MR) is 139 cm³/mol. The van der Waals surface area contributed by atoms with E-state index in [1.165, 1.54) is 30.2 Å². The van der Waals surface area contributed by atoms with Gasteiger partial charge in [-0.05, 0) is 30.5 Å². The SMILES string of the molecule is COC(=O)c1c(-c2ccc(Cl)cc2)csc1NC(=O)CSc1nnc(C(C)C)n1CC1CCCO1. The Bertz CT molecular complexity index is 1190. The number of amides is 1. The van der Waals surface area contributed by atoms with Gasteiger partial charge in [-0.15, -0.1) is 21.5 Å². The number of aromatic nitrogens is 3. The van der Waals surface area contributed by atoms with Gasteiger partial charge in [-0.25, -0.2) is 4.79 Å². The number of thioether (sulfide) groups is 1. The quantitative estimate of drug-likeness (QED) is 0.287. The van der Waals surface area contributed by atoms with E-state index in [2.05, 4.69) is 33.9 Å². The summed E-state index contributed by atoms with van der Waals surface area (Å²) in [7, 11) is 1.32. The lowest BCUT2D eigenvalue weighted by Gasteiger charge is -2.16. The molecule has 11 heteroatoms. The van der Waals surface area contributed by atoms with Crippen LogP contribution < -0.4 is 5.32 Å². The van der Waals surface area contributed by atoms with E-state index in [9.17, 15) is 9.59 Å². The van der Waals surface area contributed by atoms with E-state index in [4.69, 9.17) is 21.1 Å². The van der Waals surface area contributed by atoms with Crippen LogP contribution in [0.2, 0.25) is 5.02 Å². The number of carbonyl (C=O) groups is 2. The van der Waals surface area contributed by atoms with Crippen LogP contribution in [0, 0.1) is 0 Å². The molecule has 1 N–H and O–H groups in total. The van der Waals surface area contributed by atoms with Gasteiger partial charge in [-0.3, -0.25) is 4.79 Å². The average Bonchev–Trinajstić information content (AvgIpc) is 3.59. The van der Waals surface area contributed by atoms with Crippen molar-refractivity contribution in [1.82, 2.24) is 14.8 Å². The number of halogens is 1. The normalized spacial score (nSPS) is 15.5. The first kappa shape index (κ1) is 25.7. The molecule has 1 aliphatic heterocycles. The number of carbonyl (C=O) groups excluding carboxylic acids is 2. The van der Waals surface area contributed by atoms with Gasteiger partial charge in [-0.1, -0.05) is 49.3 Å². The Labute approximate surface area is 217 Å². The minimum absolute atomic E-state index is 0.122. The summed E-state index contributed by atoms with van der Waals surface area (Å²) in [6.07, 6.45) is 2.19. The van der Waals surface area contributed by atoms with Crippen LogP contribution >= 0.6 is 34.7 Å². The fourth-order valence-corrected chi connectivity index (χ4v) is 5.74. The average molecular weight is 535 g/mol. The smallest absolute Gasteiger partial charge is 0.341 e. The number of benzene rings is 1. The second-order valence-corrected chi connectivity index (χ2v) is 10.7. The van der Waals surface area contributed by atoms with Gasteiger partial charge < -0.3 is 19.4 Å². The summed E-state index contributed by atoms with van der Waals surface area (Å²) in [6.45, 7) is 5.59. The van der Waals surface area contributed by atoms with E-state index in [0.717, 1.165) is 30.8 Å². The van der Waals surface area contributed by atoms with Gasteiger partial charge in [-0.2, -0.15) is 0 Å². The van der Waals surface area contributed by atoms with Crippen LogP contribution in [0.4, 0.5) is 5.00 Å². The zero-order chi connectivity index (χ0) is 24.9. The lowest BCUT2D eigenvalue weighted by Crippen LogP contribution is -2.19. The van der Waals surface area contributed by atoms with Gasteiger partial charge in [0.25, 0.3) is 0 Å². The molecule has 1 fully saturated rings. The first-order valence-corrected chi connectivity index (χ1v) is 13.5. The van der Waals surface area contributed by atoms with Gasteiger partial charge in [0.1, 0.15) is 16.4 Å². The molecule has 1 aliphatic rings. The molecule has 1 amide bonds. The first-order chi connectivity index (χ1) is 16.9. The fraction of sp³-hybridized carbons (Fsp3) is 0.417. The predicted octanol–water partition coefficient (Wildman–Crippen LogP) is 5.48. The third kappa shape index (κ3) is 6.06. The van der Waals surface area contributed by atoms with Crippen LogP contribution in [0.1, 0.15) is 48.8 Å². The van der Waals surface area contributed by atoms with Crippen molar-refractivity contribution in [1.29, 1.82) is 0 Å². The number of nitrogens with one attached hydrogen (secondary N) is 1. The summed E-state index contributed by atoms with van der Waals surface area (Å²) >= 11 is 8.59. The van der Waals surface area contributed by atoms with Crippen molar-refractivity contribution in [2.24, 2.45) is 0 Å². The maximum atomic E-state index is 12.9. The van der Waals surface area contributed by atoms with Gasteiger partial charge in [0.2, 0.25) is 5.91 Å². The molecule has 0 bridgehead atoms. The summed E-state index contributed by atoms with van der Waals surface area (Å²) in [5, 5.41) is 15.1. The highest BCUT2D eigenvalue weighted by Gasteiger charge is 2.24. The first-order valence-electron chi connectivity index (χ1n) is 11.3. The zero-order valence-corrected chi connectivity index (χ0v) is 22.1. The van der Waals surface area contributed by atoms with Crippen molar-refractivity contribution in [2.45, 2.75) is 50.4 Å². The molecule has 2 aromatic heterocycles. The van der Waals surface area contributed by atoms with Gasteiger partial charge in [0.15, 0.2) is 5.16 Å². The van der Waals surface area contributed by atoms with E-state index in [-0.39, 0.29) is 23.7 Å². The number of hydrogen-bond donors (Lipinski definition) is 1. The minimum atomic E-state index is -0.517. The molecule has 1 unspecified atom stereocenters. The molecule has 1 aromatic carbocycles. The highest BCUT2D eigenvalue weighted by molar-refractivity contribution is 7.99. The summed E-state index contributed by atoms with van der Waals surface area (Å²) in [4.78, 5) is 25.4. The second-order valence-electron chi connectivity index (χ2n) is 8.43. The molecule has 0 aliphatic carbocycles. The van der Waals surface area contributed by atoms with Crippen LogP contribution in [0.25, 0.3) is 11.1 Å². The molecular formula is C24H27ClN4O4S2. The zero-order valence-electron chi connectivity index (χ0n) is 19.7. The molecule has 1 saturated heterocycles. The molecule has 186 valence electrons. The van der Waals surface area contributed by atoms with Crippen molar-refractivity contribution < 1.29 is 19.1 Å². The molecule has 0 radical (unpaired) electrons. The van der Waals surface area contributed by atoms with Crippen LogP contribution in [-0.4, -0.2) is 52.2 Å². The van der Waals surface area contributed by atoms with Gasteiger partial charge >= 0.3 is 5.97 Å². The van der Waals surface area contributed by atoms with Crippen molar-refractivity contribution in [3.63, 3.8) is 0 Å². The third-order valence-electron chi connectivity index (χ3n) is 5.59. The molecule has 0 saturated carbocycles. The van der Waals surface area contributed by atoms with E-state index < -0.39 is 5.97 Å². The third-order valence-corrected chi connectivity index (χ3v) is 7.71. The molecule has 3 heterocycles. The summed E-state index contributed by atoms with van der Waals surface area (Å²) < 4.78 is 12.8. The van der Waals surface area contributed by atoms with Crippen LogP contribution in [-0.2, 0) is 20.8 Å². The number of methoxy groups -OCH3 is 1. The monoisotopic (exact) mass is 534 g/mol. The number of ether oxygens (including phenoxy) is 2. The van der Waals surface area contributed by atoms with Crippen LogP contribution in [0.5, 0.6) is 0 Å². The minimum Gasteiger partial charge on any atom is -0.465 e. The Morgan fingerprint density at radius 3 is 2.74 bits per heavy atom. The Kier molecular flexibility index (Phi) is 8.48. The Morgan fingerprint density at radius 1 is 1.31 bits per heavy atom. The lowest BCUT2D eigenvalue weighted by atomic mass is 10.0. The number of nitrogens with zero attached hydrogens (tertiary/aromatic N) is 3. The molecular weight excluding hydrogens is 508 g/mol. The molecule has 1 atom stereocenters. The molecule has 8 nitrogen and oxygen atoms in total. The molecule has 3 aromatic rings. The fourth-order valence-electron chi connectivity index (χ4n) is 3.89. The van der Waals surface area contributed by atoms with E-state index in [0.29, 0.717) is 32.9 Å². The maximum Gasteiger partial charge on any atom is 0.341 e. The second kappa shape index (κ2) is 11.6. The highest BCUT2D eigenvalue weighted by atomic mass is 35.5. The van der Waals surface area contributed by atoms with E-state index >= 15 is 0 Å². The number of anilines is 1. The highest BCUT2D eigenvalue weighted by Crippen LogP contribution is 2.37. The number of rotatable bonds is 9. The Morgan fingerprint density at radius 2 is 2.09 bits per heavy atom. The summed E-state index contributed by atoms with van der Waals surface area (Å²) in [5.41, 5.74) is 1.81. The lowest BCUT2D eigenvalue weighted by molar-refractivity contribution is -0.113. The van der Waals surface area contributed by atoms with Crippen LogP contribution in [0.15, 0.2) is 34.8 Å². The molecule has 35 heavy (non-hydrogen) atoms. The standard InChI is InChI=1S/C24H27ClN4O4S2/c1-14(2)21-27-28-24(29(21)11-17-5-4-10-33-17)35-13-19(30)26-22-20(23(31)32-3)18(12-34-22)15-6-8-16(25)9-7-15/h6-9,12,14,17H,4-5,10-11,13H2,1-3H3,(H,26,30). The van der Waals surface area contributed by atoms with Gasteiger partial charge in [0.05, 0.1) is 25.5 Å². The number of hydrogen-bond acceptors (Lipinski definition) is 8. The molecule has 4 rings (SSSR count). The van der Waals surface area contributed by atoms with Crippen LogP contribution in [0.3, 0.4) is 0 Å². The number of thiophene rings is 1.